The number of carbonyl (C=O) groups excluding carboxylic acids is 2. The minimum absolute atomic E-state index is 0.0330. The Bertz CT molecular complexity index is 1050. The first kappa shape index (κ1) is 20.2. The summed E-state index contributed by atoms with van der Waals surface area (Å²) in [6, 6.07) is 10.6. The highest BCUT2D eigenvalue weighted by Gasteiger charge is 2.20. The quantitative estimate of drug-likeness (QED) is 0.663. The third-order valence-electron chi connectivity index (χ3n) is 4.19. The molecule has 0 radical (unpaired) electrons. The Labute approximate surface area is 166 Å². The van der Waals surface area contributed by atoms with Crippen molar-refractivity contribution in [2.75, 3.05) is 5.32 Å². The van der Waals surface area contributed by atoms with Crippen molar-refractivity contribution in [3.05, 3.63) is 71.6 Å². The molecule has 1 heterocycles. The molecular weight excluding hydrogens is 380 g/mol. The van der Waals surface area contributed by atoms with Crippen LogP contribution in [0.4, 0.5) is 14.5 Å². The van der Waals surface area contributed by atoms with Gasteiger partial charge >= 0.3 is 0 Å². The van der Waals surface area contributed by atoms with E-state index >= 15 is 0 Å². The molecule has 0 saturated heterocycles. The van der Waals surface area contributed by atoms with E-state index in [-0.39, 0.29) is 18.0 Å². The van der Waals surface area contributed by atoms with E-state index in [1.807, 2.05) is 0 Å². The van der Waals surface area contributed by atoms with Crippen LogP contribution >= 0.6 is 0 Å². The van der Waals surface area contributed by atoms with E-state index in [2.05, 4.69) is 15.6 Å². The molecule has 0 bridgehead atoms. The number of nitrogens with zero attached hydrogens (tertiary/aromatic N) is 1. The van der Waals surface area contributed by atoms with Gasteiger partial charge in [-0.2, -0.15) is 0 Å². The number of oxazole rings is 1. The van der Waals surface area contributed by atoms with E-state index in [9.17, 15) is 18.4 Å². The lowest BCUT2D eigenvalue weighted by molar-refractivity contribution is -0.125. The molecule has 1 aromatic heterocycles. The molecule has 2 amide bonds. The van der Waals surface area contributed by atoms with E-state index in [0.717, 1.165) is 0 Å². The second kappa shape index (κ2) is 8.64. The third-order valence-corrected chi connectivity index (χ3v) is 4.19. The number of para-hydroxylation sites is 1. The van der Waals surface area contributed by atoms with Crippen molar-refractivity contribution < 1.29 is 22.8 Å². The zero-order valence-corrected chi connectivity index (χ0v) is 15.8. The van der Waals surface area contributed by atoms with Gasteiger partial charge in [-0.15, -0.1) is 0 Å². The Kier molecular flexibility index (Phi) is 6.01. The maximum absolute atomic E-state index is 13.6. The van der Waals surface area contributed by atoms with Crippen LogP contribution in [0.5, 0.6) is 0 Å². The molecule has 6 nitrogen and oxygen atoms in total. The maximum atomic E-state index is 13.6. The summed E-state index contributed by atoms with van der Waals surface area (Å²) in [7, 11) is 0. The molecule has 3 rings (SSSR count). The summed E-state index contributed by atoms with van der Waals surface area (Å²) in [5.41, 5.74) is 0.867. The summed E-state index contributed by atoms with van der Waals surface area (Å²) < 4.78 is 32.5. The standard InChI is InChI=1S/C21H19F2N3O3/c1-12(20(28)25-17-9-4-3-8-16(17)23)24-19(27)11-18-13(2)29-21(26-18)14-6-5-7-15(22)10-14/h3-10,12H,11H2,1-2H3,(H,24,27)(H,25,28). The van der Waals surface area contributed by atoms with E-state index in [0.29, 0.717) is 17.0 Å². The van der Waals surface area contributed by atoms with Gasteiger partial charge in [0.25, 0.3) is 0 Å². The summed E-state index contributed by atoms with van der Waals surface area (Å²) in [5, 5.41) is 4.96. The van der Waals surface area contributed by atoms with Crippen molar-refractivity contribution >= 4 is 17.5 Å². The number of aryl methyl sites for hydroxylation is 1. The van der Waals surface area contributed by atoms with Crippen LogP contribution in [0.15, 0.2) is 52.9 Å². The highest BCUT2D eigenvalue weighted by Crippen LogP contribution is 2.22. The van der Waals surface area contributed by atoms with Gasteiger partial charge in [-0.1, -0.05) is 18.2 Å². The van der Waals surface area contributed by atoms with Gasteiger partial charge in [0.05, 0.1) is 17.8 Å². The zero-order valence-electron chi connectivity index (χ0n) is 15.8. The first-order chi connectivity index (χ1) is 13.8. The van der Waals surface area contributed by atoms with Crippen molar-refractivity contribution in [3.63, 3.8) is 0 Å². The van der Waals surface area contributed by atoms with Crippen molar-refractivity contribution in [1.82, 2.24) is 10.3 Å². The van der Waals surface area contributed by atoms with Crippen LogP contribution in [0, 0.1) is 18.6 Å². The van der Waals surface area contributed by atoms with E-state index in [1.54, 1.807) is 19.1 Å². The fraction of sp³-hybridized carbons (Fsp3) is 0.190. The normalized spacial score (nSPS) is 11.7. The predicted octanol–water partition coefficient (Wildman–Crippen LogP) is 3.61. The number of aromatic nitrogens is 1. The van der Waals surface area contributed by atoms with Crippen LogP contribution in [0.2, 0.25) is 0 Å². The molecule has 0 spiro atoms. The second-order valence-electron chi connectivity index (χ2n) is 6.47. The summed E-state index contributed by atoms with van der Waals surface area (Å²) in [6.45, 7) is 3.13. The highest BCUT2D eigenvalue weighted by atomic mass is 19.1. The predicted molar refractivity (Wildman–Crippen MR) is 103 cm³/mol. The Morgan fingerprint density at radius 1 is 1.14 bits per heavy atom. The summed E-state index contributed by atoms with van der Waals surface area (Å²) in [6.07, 6.45) is -0.123. The monoisotopic (exact) mass is 399 g/mol. The third kappa shape index (κ3) is 5.04. The first-order valence-electron chi connectivity index (χ1n) is 8.90. The number of amides is 2. The number of halogens is 2. The van der Waals surface area contributed by atoms with E-state index < -0.39 is 29.5 Å². The topological polar surface area (TPSA) is 84.2 Å². The lowest BCUT2D eigenvalue weighted by Gasteiger charge is -2.14. The minimum atomic E-state index is -0.892. The number of carbonyl (C=O) groups is 2. The van der Waals surface area contributed by atoms with Crippen molar-refractivity contribution in [2.45, 2.75) is 26.3 Å². The second-order valence-corrected chi connectivity index (χ2v) is 6.47. The molecule has 29 heavy (non-hydrogen) atoms. The van der Waals surface area contributed by atoms with Crippen molar-refractivity contribution in [1.29, 1.82) is 0 Å². The molecule has 1 atom stereocenters. The van der Waals surface area contributed by atoms with Gasteiger partial charge in [-0.05, 0) is 44.2 Å². The van der Waals surface area contributed by atoms with Crippen molar-refractivity contribution in [3.8, 4) is 11.5 Å². The first-order valence-corrected chi connectivity index (χ1v) is 8.90. The van der Waals surface area contributed by atoms with Gasteiger partial charge in [0, 0.05) is 5.56 Å². The number of benzene rings is 2. The molecule has 0 aliphatic carbocycles. The number of rotatable bonds is 6. The number of anilines is 1. The largest absolute Gasteiger partial charge is 0.441 e. The lowest BCUT2D eigenvalue weighted by atomic mass is 10.2. The van der Waals surface area contributed by atoms with E-state index in [1.165, 1.54) is 43.3 Å². The van der Waals surface area contributed by atoms with Gasteiger partial charge in [0.2, 0.25) is 17.7 Å². The molecule has 150 valence electrons. The number of hydrogen-bond acceptors (Lipinski definition) is 4. The van der Waals surface area contributed by atoms with Gasteiger partial charge in [-0.25, -0.2) is 13.8 Å². The van der Waals surface area contributed by atoms with Gasteiger partial charge in [0.1, 0.15) is 23.4 Å². The zero-order chi connectivity index (χ0) is 21.0. The number of nitrogens with one attached hydrogen (secondary N) is 2. The average molecular weight is 399 g/mol. The SMILES string of the molecule is Cc1oc(-c2cccc(F)c2)nc1CC(=O)NC(C)C(=O)Nc1ccccc1F. The summed E-state index contributed by atoms with van der Waals surface area (Å²) >= 11 is 0. The Morgan fingerprint density at radius 2 is 1.90 bits per heavy atom. The average Bonchev–Trinajstić information content (AvgIpc) is 3.04. The van der Waals surface area contributed by atoms with Crippen LogP contribution < -0.4 is 10.6 Å². The maximum Gasteiger partial charge on any atom is 0.246 e. The van der Waals surface area contributed by atoms with Gasteiger partial charge in [0.15, 0.2) is 0 Å². The molecule has 1 unspecified atom stereocenters. The van der Waals surface area contributed by atoms with Crippen LogP contribution in [0.1, 0.15) is 18.4 Å². The molecule has 3 aromatic rings. The fourth-order valence-electron chi connectivity index (χ4n) is 2.65. The summed E-state index contributed by atoms with van der Waals surface area (Å²) in [4.78, 5) is 28.7. The smallest absolute Gasteiger partial charge is 0.246 e. The van der Waals surface area contributed by atoms with Gasteiger partial charge < -0.3 is 15.1 Å². The summed E-state index contributed by atoms with van der Waals surface area (Å²) in [5.74, 6) is -1.38. The Morgan fingerprint density at radius 3 is 2.62 bits per heavy atom. The molecule has 8 heteroatoms. The molecule has 0 aliphatic heterocycles. The van der Waals surface area contributed by atoms with Crippen LogP contribution in [0.25, 0.3) is 11.5 Å². The molecule has 2 aromatic carbocycles. The lowest BCUT2D eigenvalue weighted by Crippen LogP contribution is -2.42. The Hall–Kier alpha value is -3.55. The van der Waals surface area contributed by atoms with Crippen molar-refractivity contribution in [2.24, 2.45) is 0 Å². The minimum Gasteiger partial charge on any atom is -0.441 e. The van der Waals surface area contributed by atoms with Crippen LogP contribution in [0.3, 0.4) is 0 Å². The molecule has 0 aliphatic rings. The molecule has 0 fully saturated rings. The van der Waals surface area contributed by atoms with Gasteiger partial charge in [-0.3, -0.25) is 9.59 Å². The highest BCUT2D eigenvalue weighted by molar-refractivity contribution is 5.97. The molecular formula is C21H19F2N3O3. The van der Waals surface area contributed by atoms with Crippen LogP contribution in [-0.4, -0.2) is 22.8 Å². The Balaban J connectivity index is 1.62. The molecule has 0 saturated carbocycles. The van der Waals surface area contributed by atoms with Crippen LogP contribution in [-0.2, 0) is 16.0 Å². The van der Waals surface area contributed by atoms with E-state index in [4.69, 9.17) is 4.42 Å². The fourth-order valence-corrected chi connectivity index (χ4v) is 2.65. The molecule has 2 N–H and O–H groups in total. The number of hydrogen-bond donors (Lipinski definition) is 2.